The SMILES string of the molecule is COc1cc(S(=O)(=O)NCCCO)cc(C(=O)O)c1OC. The average molecular weight is 319 g/mol. The van der Waals surface area contributed by atoms with E-state index in [2.05, 4.69) is 4.72 Å². The number of hydrogen-bond acceptors (Lipinski definition) is 6. The number of methoxy groups -OCH3 is 2. The number of carboxylic acid groups (broad SMARTS) is 1. The molecule has 0 bridgehead atoms. The first-order valence-electron chi connectivity index (χ1n) is 5.97. The Labute approximate surface area is 122 Å². The van der Waals surface area contributed by atoms with E-state index in [9.17, 15) is 13.2 Å². The van der Waals surface area contributed by atoms with Gasteiger partial charge in [0.25, 0.3) is 0 Å². The van der Waals surface area contributed by atoms with Crippen molar-refractivity contribution in [3.8, 4) is 11.5 Å². The number of hydrogen-bond donors (Lipinski definition) is 3. The highest BCUT2D eigenvalue weighted by molar-refractivity contribution is 7.89. The zero-order valence-electron chi connectivity index (χ0n) is 11.6. The van der Waals surface area contributed by atoms with E-state index in [1.807, 2.05) is 0 Å². The number of aliphatic hydroxyl groups excluding tert-OH is 1. The summed E-state index contributed by atoms with van der Waals surface area (Å²) >= 11 is 0. The molecule has 0 radical (unpaired) electrons. The summed E-state index contributed by atoms with van der Waals surface area (Å²) in [4.78, 5) is 11.0. The molecule has 118 valence electrons. The van der Waals surface area contributed by atoms with Crippen molar-refractivity contribution >= 4 is 16.0 Å². The molecule has 0 heterocycles. The fraction of sp³-hybridized carbons (Fsp3) is 0.417. The second-order valence-electron chi connectivity index (χ2n) is 3.99. The summed E-state index contributed by atoms with van der Waals surface area (Å²) in [5.41, 5.74) is -0.320. The Bertz CT molecular complexity index is 612. The van der Waals surface area contributed by atoms with Crippen molar-refractivity contribution in [3.05, 3.63) is 17.7 Å². The quantitative estimate of drug-likeness (QED) is 0.579. The van der Waals surface area contributed by atoms with Crippen molar-refractivity contribution in [2.75, 3.05) is 27.4 Å². The molecule has 0 aliphatic carbocycles. The number of carbonyl (C=O) groups is 1. The normalized spacial score (nSPS) is 11.2. The van der Waals surface area contributed by atoms with Crippen LogP contribution in [0.4, 0.5) is 0 Å². The summed E-state index contributed by atoms with van der Waals surface area (Å²) < 4.78 is 36.3. The topological polar surface area (TPSA) is 122 Å². The van der Waals surface area contributed by atoms with Gasteiger partial charge in [0.05, 0.1) is 19.1 Å². The fourth-order valence-electron chi connectivity index (χ4n) is 1.62. The molecule has 0 unspecified atom stereocenters. The van der Waals surface area contributed by atoms with E-state index in [-0.39, 0.29) is 41.5 Å². The third-order valence-electron chi connectivity index (χ3n) is 2.62. The Balaban J connectivity index is 3.31. The molecule has 0 fully saturated rings. The molecule has 0 saturated heterocycles. The van der Waals surface area contributed by atoms with Gasteiger partial charge in [-0.25, -0.2) is 17.9 Å². The smallest absolute Gasteiger partial charge is 0.339 e. The lowest BCUT2D eigenvalue weighted by molar-refractivity contribution is 0.0692. The largest absolute Gasteiger partial charge is 0.493 e. The van der Waals surface area contributed by atoms with Gasteiger partial charge in [0.1, 0.15) is 5.56 Å². The van der Waals surface area contributed by atoms with Crippen LogP contribution in [0.3, 0.4) is 0 Å². The van der Waals surface area contributed by atoms with E-state index < -0.39 is 16.0 Å². The summed E-state index contributed by atoms with van der Waals surface area (Å²) in [5.74, 6) is -1.39. The fourth-order valence-corrected chi connectivity index (χ4v) is 2.74. The van der Waals surface area contributed by atoms with Crippen LogP contribution in [0.25, 0.3) is 0 Å². The van der Waals surface area contributed by atoms with Crippen LogP contribution in [-0.4, -0.2) is 52.0 Å². The summed E-state index contributed by atoms with van der Waals surface area (Å²) in [5, 5.41) is 17.8. The maximum atomic E-state index is 12.1. The monoisotopic (exact) mass is 319 g/mol. The minimum atomic E-state index is -3.91. The van der Waals surface area contributed by atoms with Gasteiger partial charge in [-0.2, -0.15) is 0 Å². The second-order valence-corrected chi connectivity index (χ2v) is 5.75. The first-order valence-corrected chi connectivity index (χ1v) is 7.45. The van der Waals surface area contributed by atoms with Gasteiger partial charge in [0.15, 0.2) is 11.5 Å². The summed E-state index contributed by atoms with van der Waals surface area (Å²) in [7, 11) is -1.37. The number of aliphatic hydroxyl groups is 1. The molecule has 0 aliphatic rings. The number of aromatic carboxylic acids is 1. The molecule has 3 N–H and O–H groups in total. The number of sulfonamides is 1. The number of ether oxygens (including phenoxy) is 2. The Hall–Kier alpha value is -1.84. The Morgan fingerprint density at radius 3 is 2.43 bits per heavy atom. The lowest BCUT2D eigenvalue weighted by Gasteiger charge is -2.13. The van der Waals surface area contributed by atoms with Crippen LogP contribution in [0, 0.1) is 0 Å². The standard InChI is InChI=1S/C12H17NO7S/c1-19-10-7-8(21(17,18)13-4-3-5-14)6-9(12(15)16)11(10)20-2/h6-7,13-14H,3-5H2,1-2H3,(H,15,16). The Kier molecular flexibility index (Phi) is 5.94. The molecule has 0 amide bonds. The van der Waals surface area contributed by atoms with Crippen LogP contribution in [0.2, 0.25) is 0 Å². The highest BCUT2D eigenvalue weighted by Crippen LogP contribution is 2.34. The van der Waals surface area contributed by atoms with E-state index in [4.69, 9.17) is 19.7 Å². The van der Waals surface area contributed by atoms with E-state index in [0.29, 0.717) is 0 Å². The van der Waals surface area contributed by atoms with Crippen molar-refractivity contribution < 1.29 is 32.9 Å². The van der Waals surface area contributed by atoms with Crippen LogP contribution in [-0.2, 0) is 10.0 Å². The highest BCUT2D eigenvalue weighted by Gasteiger charge is 2.23. The van der Waals surface area contributed by atoms with Crippen LogP contribution < -0.4 is 14.2 Å². The van der Waals surface area contributed by atoms with Crippen molar-refractivity contribution in [1.29, 1.82) is 0 Å². The van der Waals surface area contributed by atoms with Crippen molar-refractivity contribution in [2.24, 2.45) is 0 Å². The number of carboxylic acids is 1. The minimum absolute atomic E-state index is 0.0000619. The van der Waals surface area contributed by atoms with Crippen LogP contribution in [0.15, 0.2) is 17.0 Å². The van der Waals surface area contributed by atoms with E-state index in [1.54, 1.807) is 0 Å². The van der Waals surface area contributed by atoms with E-state index in [0.717, 1.165) is 6.07 Å². The molecule has 8 nitrogen and oxygen atoms in total. The maximum Gasteiger partial charge on any atom is 0.339 e. The molecule has 21 heavy (non-hydrogen) atoms. The molecular formula is C12H17NO7S. The highest BCUT2D eigenvalue weighted by atomic mass is 32.2. The van der Waals surface area contributed by atoms with Gasteiger partial charge < -0.3 is 19.7 Å². The van der Waals surface area contributed by atoms with Crippen molar-refractivity contribution in [3.63, 3.8) is 0 Å². The third-order valence-corrected chi connectivity index (χ3v) is 4.06. The van der Waals surface area contributed by atoms with Gasteiger partial charge in [-0.1, -0.05) is 0 Å². The Morgan fingerprint density at radius 2 is 1.95 bits per heavy atom. The lowest BCUT2D eigenvalue weighted by Crippen LogP contribution is -2.25. The summed E-state index contributed by atoms with van der Waals surface area (Å²) in [6.45, 7) is -0.121. The average Bonchev–Trinajstić information content (AvgIpc) is 2.45. The molecular weight excluding hydrogens is 302 g/mol. The number of nitrogens with one attached hydrogen (secondary N) is 1. The Morgan fingerprint density at radius 1 is 1.29 bits per heavy atom. The van der Waals surface area contributed by atoms with E-state index in [1.165, 1.54) is 20.3 Å². The minimum Gasteiger partial charge on any atom is -0.493 e. The van der Waals surface area contributed by atoms with Gasteiger partial charge in [-0.15, -0.1) is 0 Å². The number of benzene rings is 1. The molecule has 1 aromatic rings. The van der Waals surface area contributed by atoms with Crippen LogP contribution in [0.5, 0.6) is 11.5 Å². The molecule has 0 aliphatic heterocycles. The number of rotatable bonds is 8. The zero-order chi connectivity index (χ0) is 16.0. The molecule has 1 aromatic carbocycles. The van der Waals surface area contributed by atoms with Gasteiger partial charge in [0, 0.05) is 19.2 Å². The van der Waals surface area contributed by atoms with Gasteiger partial charge in [-0.3, -0.25) is 0 Å². The second kappa shape index (κ2) is 7.25. The molecule has 0 saturated carbocycles. The van der Waals surface area contributed by atoms with Crippen molar-refractivity contribution in [2.45, 2.75) is 11.3 Å². The molecule has 0 atom stereocenters. The molecule has 1 rings (SSSR count). The maximum absolute atomic E-state index is 12.1. The summed E-state index contributed by atoms with van der Waals surface area (Å²) in [6.07, 6.45) is 0.248. The first-order chi connectivity index (χ1) is 9.87. The molecule has 9 heteroatoms. The molecule has 0 spiro atoms. The first kappa shape index (κ1) is 17.2. The van der Waals surface area contributed by atoms with Crippen LogP contribution >= 0.6 is 0 Å². The van der Waals surface area contributed by atoms with Crippen LogP contribution in [0.1, 0.15) is 16.8 Å². The van der Waals surface area contributed by atoms with E-state index >= 15 is 0 Å². The van der Waals surface area contributed by atoms with Gasteiger partial charge >= 0.3 is 5.97 Å². The predicted molar refractivity (Wildman–Crippen MR) is 73.4 cm³/mol. The summed E-state index contributed by atoms with van der Waals surface area (Å²) in [6, 6.07) is 2.16. The van der Waals surface area contributed by atoms with Gasteiger partial charge in [0.2, 0.25) is 10.0 Å². The predicted octanol–water partition coefficient (Wildman–Crippen LogP) is 0.0627. The zero-order valence-corrected chi connectivity index (χ0v) is 12.4. The third kappa shape index (κ3) is 4.06. The molecule has 0 aromatic heterocycles. The van der Waals surface area contributed by atoms with Gasteiger partial charge in [-0.05, 0) is 12.5 Å². The lowest BCUT2D eigenvalue weighted by atomic mass is 10.2. The van der Waals surface area contributed by atoms with Crippen molar-refractivity contribution in [1.82, 2.24) is 4.72 Å².